The quantitative estimate of drug-likeness (QED) is 0.229. The molecular formula is C30H35Cl2FN2O3. The molecule has 0 amide bonds. The summed E-state index contributed by atoms with van der Waals surface area (Å²) >= 11 is 12.4. The van der Waals surface area contributed by atoms with Crippen molar-refractivity contribution in [2.75, 3.05) is 26.7 Å². The molecule has 0 bridgehead atoms. The van der Waals surface area contributed by atoms with E-state index >= 15 is 4.39 Å². The summed E-state index contributed by atoms with van der Waals surface area (Å²) in [7, 11) is 1.59. The molecule has 5 nitrogen and oxygen atoms in total. The SMILES string of the molecule is COc1ccc2nccc([C@H](F)CC[C@@H]3CCN(CCCCc4cccc(Cl)c4Cl)C[C@@H]3CC(=O)O)c2c1. The number of unbranched alkanes of at least 4 members (excludes halogenated alkanes) is 1. The van der Waals surface area contributed by atoms with Gasteiger partial charge in [-0.25, -0.2) is 4.39 Å². The second-order valence-electron chi connectivity index (χ2n) is 10.2. The van der Waals surface area contributed by atoms with E-state index in [1.165, 1.54) is 0 Å². The van der Waals surface area contributed by atoms with Crippen LogP contribution in [0.25, 0.3) is 10.9 Å². The van der Waals surface area contributed by atoms with Crippen molar-refractivity contribution in [1.29, 1.82) is 0 Å². The number of methoxy groups -OCH3 is 1. The average Bonchev–Trinajstić information content (AvgIpc) is 2.91. The van der Waals surface area contributed by atoms with Crippen molar-refractivity contribution in [2.24, 2.45) is 11.8 Å². The number of halogens is 3. The van der Waals surface area contributed by atoms with Crippen molar-refractivity contribution >= 4 is 40.1 Å². The number of hydrogen-bond acceptors (Lipinski definition) is 4. The lowest BCUT2D eigenvalue weighted by molar-refractivity contribution is -0.139. The highest BCUT2D eigenvalue weighted by Gasteiger charge is 2.31. The molecule has 1 saturated heterocycles. The summed E-state index contributed by atoms with van der Waals surface area (Å²) in [6.07, 6.45) is 5.36. The van der Waals surface area contributed by atoms with E-state index in [1.54, 1.807) is 25.4 Å². The summed E-state index contributed by atoms with van der Waals surface area (Å²) in [4.78, 5) is 18.3. The molecule has 4 rings (SSSR count). The smallest absolute Gasteiger partial charge is 0.303 e. The van der Waals surface area contributed by atoms with Gasteiger partial charge in [-0.05, 0) is 105 Å². The predicted octanol–water partition coefficient (Wildman–Crippen LogP) is 7.78. The minimum atomic E-state index is -1.14. The Morgan fingerprint density at radius 3 is 2.84 bits per heavy atom. The number of benzene rings is 2. The highest BCUT2D eigenvalue weighted by molar-refractivity contribution is 6.42. The monoisotopic (exact) mass is 560 g/mol. The number of carbonyl (C=O) groups is 1. The molecule has 204 valence electrons. The Kier molecular flexibility index (Phi) is 10.2. The molecule has 2 heterocycles. The molecule has 38 heavy (non-hydrogen) atoms. The lowest BCUT2D eigenvalue weighted by Crippen LogP contribution is -2.41. The highest BCUT2D eigenvalue weighted by Crippen LogP contribution is 2.36. The van der Waals surface area contributed by atoms with Crippen molar-refractivity contribution in [3.8, 4) is 5.75 Å². The molecule has 0 saturated carbocycles. The van der Waals surface area contributed by atoms with Gasteiger partial charge in [0.1, 0.15) is 11.9 Å². The normalized spacial score (nSPS) is 18.9. The van der Waals surface area contributed by atoms with Gasteiger partial charge in [0, 0.05) is 24.5 Å². The van der Waals surface area contributed by atoms with Crippen LogP contribution < -0.4 is 4.74 Å². The van der Waals surface area contributed by atoms with Crippen LogP contribution in [0.2, 0.25) is 10.0 Å². The maximum absolute atomic E-state index is 15.5. The number of aryl methyl sites for hydroxylation is 1. The topological polar surface area (TPSA) is 62.7 Å². The molecule has 8 heteroatoms. The van der Waals surface area contributed by atoms with E-state index in [0.29, 0.717) is 34.2 Å². The maximum atomic E-state index is 15.5. The van der Waals surface area contributed by atoms with Gasteiger partial charge >= 0.3 is 5.97 Å². The van der Waals surface area contributed by atoms with E-state index in [1.807, 2.05) is 30.3 Å². The fraction of sp³-hybridized carbons (Fsp3) is 0.467. The zero-order valence-corrected chi connectivity index (χ0v) is 23.2. The number of piperidine rings is 1. The van der Waals surface area contributed by atoms with E-state index < -0.39 is 12.1 Å². The first-order chi connectivity index (χ1) is 18.4. The third-order valence-electron chi connectivity index (χ3n) is 7.73. The molecule has 1 N–H and O–H groups in total. The zero-order valence-electron chi connectivity index (χ0n) is 21.7. The van der Waals surface area contributed by atoms with E-state index in [-0.39, 0.29) is 18.3 Å². The van der Waals surface area contributed by atoms with Crippen LogP contribution in [0.5, 0.6) is 5.75 Å². The number of carboxylic acids is 1. The van der Waals surface area contributed by atoms with Gasteiger partial charge in [-0.1, -0.05) is 35.3 Å². The maximum Gasteiger partial charge on any atom is 0.303 e. The molecule has 3 aromatic rings. The second-order valence-corrected chi connectivity index (χ2v) is 11.0. The van der Waals surface area contributed by atoms with Gasteiger partial charge < -0.3 is 14.7 Å². The summed E-state index contributed by atoms with van der Waals surface area (Å²) in [5, 5.41) is 11.5. The van der Waals surface area contributed by atoms with Gasteiger partial charge in [0.2, 0.25) is 0 Å². The van der Waals surface area contributed by atoms with Gasteiger partial charge in [0.15, 0.2) is 0 Å². The number of likely N-dealkylation sites (tertiary alicyclic amines) is 1. The molecule has 0 unspecified atom stereocenters. The highest BCUT2D eigenvalue weighted by atomic mass is 35.5. The number of ether oxygens (including phenoxy) is 1. The molecule has 1 aliphatic rings. The van der Waals surface area contributed by atoms with Crippen LogP contribution >= 0.6 is 23.2 Å². The molecule has 2 aromatic carbocycles. The average molecular weight is 562 g/mol. The Morgan fingerprint density at radius 1 is 1.21 bits per heavy atom. The lowest BCUT2D eigenvalue weighted by Gasteiger charge is -2.38. The Hall–Kier alpha value is -2.41. The summed E-state index contributed by atoms with van der Waals surface area (Å²) in [5.41, 5.74) is 2.41. The number of alkyl halides is 1. The van der Waals surface area contributed by atoms with Crippen LogP contribution in [0, 0.1) is 11.8 Å². The van der Waals surface area contributed by atoms with Crippen LogP contribution in [0.15, 0.2) is 48.7 Å². The summed E-state index contributed by atoms with van der Waals surface area (Å²) in [6.45, 7) is 2.56. The molecule has 1 aliphatic heterocycles. The van der Waals surface area contributed by atoms with Gasteiger partial charge in [-0.3, -0.25) is 9.78 Å². The minimum absolute atomic E-state index is 0.0186. The molecular weight excluding hydrogens is 526 g/mol. The number of carboxylic acid groups (broad SMARTS) is 1. The lowest BCUT2D eigenvalue weighted by atomic mass is 9.79. The van der Waals surface area contributed by atoms with Gasteiger partial charge in [0.05, 0.1) is 22.7 Å². The first-order valence-corrected chi connectivity index (χ1v) is 14.0. The van der Waals surface area contributed by atoms with E-state index in [0.717, 1.165) is 61.8 Å². The van der Waals surface area contributed by atoms with Crippen LogP contribution in [0.3, 0.4) is 0 Å². The van der Waals surface area contributed by atoms with Crippen molar-refractivity contribution in [1.82, 2.24) is 9.88 Å². The van der Waals surface area contributed by atoms with Crippen LogP contribution in [-0.4, -0.2) is 47.7 Å². The summed E-state index contributed by atoms with van der Waals surface area (Å²) in [6, 6.07) is 12.9. The van der Waals surface area contributed by atoms with Crippen LogP contribution in [0.4, 0.5) is 4.39 Å². The van der Waals surface area contributed by atoms with Crippen molar-refractivity contribution < 1.29 is 19.0 Å². The number of rotatable bonds is 12. The molecule has 1 fully saturated rings. The number of hydrogen-bond donors (Lipinski definition) is 1. The summed E-state index contributed by atoms with van der Waals surface area (Å²) < 4.78 is 20.8. The zero-order chi connectivity index (χ0) is 27.1. The van der Waals surface area contributed by atoms with Gasteiger partial charge in [0.25, 0.3) is 0 Å². The van der Waals surface area contributed by atoms with E-state index in [9.17, 15) is 9.90 Å². The number of aliphatic carboxylic acids is 1. The predicted molar refractivity (Wildman–Crippen MR) is 151 cm³/mol. The second kappa shape index (κ2) is 13.6. The van der Waals surface area contributed by atoms with E-state index in [2.05, 4.69) is 9.88 Å². The first-order valence-electron chi connectivity index (χ1n) is 13.3. The van der Waals surface area contributed by atoms with E-state index in [4.69, 9.17) is 27.9 Å². The van der Waals surface area contributed by atoms with Crippen LogP contribution in [-0.2, 0) is 11.2 Å². The van der Waals surface area contributed by atoms with Gasteiger partial charge in [-0.15, -0.1) is 0 Å². The largest absolute Gasteiger partial charge is 0.497 e. The molecule has 0 radical (unpaired) electrons. The Balaban J connectivity index is 1.31. The molecule has 0 spiro atoms. The Labute approximate surface area is 233 Å². The fourth-order valence-corrected chi connectivity index (χ4v) is 6.06. The Morgan fingerprint density at radius 2 is 2.05 bits per heavy atom. The minimum Gasteiger partial charge on any atom is -0.497 e. The van der Waals surface area contributed by atoms with Crippen molar-refractivity contribution in [2.45, 2.75) is 51.1 Å². The number of aromatic nitrogens is 1. The van der Waals surface area contributed by atoms with Crippen molar-refractivity contribution in [3.63, 3.8) is 0 Å². The fourth-order valence-electron chi connectivity index (χ4n) is 5.65. The number of pyridine rings is 1. The molecule has 0 aliphatic carbocycles. The molecule has 1 aromatic heterocycles. The number of nitrogens with zero attached hydrogens (tertiary/aromatic N) is 2. The van der Waals surface area contributed by atoms with Crippen molar-refractivity contribution in [3.05, 3.63) is 69.8 Å². The third kappa shape index (κ3) is 7.37. The summed E-state index contributed by atoms with van der Waals surface area (Å²) in [5.74, 6) is 0.0867. The standard InChI is InChI=1S/C30H35Cl2FN2O3/c1-38-23-9-11-28-25(18-23)24(12-14-34-28)27(33)10-8-20-13-16-35(19-22(20)17-29(36)37)15-3-2-5-21-6-4-7-26(31)30(21)32/h4,6-7,9,11-12,14,18,20,22,27H,2-3,5,8,10,13,15-17,19H2,1H3,(H,36,37)/t20-,22+,27-/m1/s1. The van der Waals surface area contributed by atoms with Crippen LogP contribution in [0.1, 0.15) is 55.8 Å². The van der Waals surface area contributed by atoms with Gasteiger partial charge in [-0.2, -0.15) is 0 Å². The Bertz CT molecular complexity index is 1240. The molecule has 3 atom stereocenters. The number of fused-ring (bicyclic) bond motifs is 1. The third-order valence-corrected chi connectivity index (χ3v) is 8.58. The first kappa shape index (κ1) is 28.6.